The number of hydrogen-bond acceptors (Lipinski definition) is 1. The quantitative estimate of drug-likeness (QED) is 0.745. The van der Waals surface area contributed by atoms with E-state index in [0.29, 0.717) is 11.4 Å². The van der Waals surface area contributed by atoms with Crippen LogP contribution in [0.15, 0.2) is 18.2 Å². The number of benzene rings is 1. The van der Waals surface area contributed by atoms with Crippen molar-refractivity contribution < 1.29 is 4.39 Å². The van der Waals surface area contributed by atoms with Crippen LogP contribution in [0, 0.1) is 5.82 Å². The highest BCUT2D eigenvalue weighted by Gasteiger charge is 2.09. The molecule has 16 heavy (non-hydrogen) atoms. The third-order valence-corrected chi connectivity index (χ3v) is 2.88. The molecule has 0 unspecified atom stereocenters. The average Bonchev–Trinajstić information content (AvgIpc) is 2.63. The highest BCUT2D eigenvalue weighted by molar-refractivity contribution is 6.16. The van der Waals surface area contributed by atoms with Crippen molar-refractivity contribution in [2.75, 3.05) is 0 Å². The van der Waals surface area contributed by atoms with Crippen LogP contribution in [0.25, 0.3) is 11.0 Å². The predicted molar refractivity (Wildman–Crippen MR) is 64.2 cm³/mol. The number of imidazole rings is 1. The molecule has 0 spiro atoms. The first kappa shape index (κ1) is 11.4. The van der Waals surface area contributed by atoms with Gasteiger partial charge in [-0.3, -0.25) is 0 Å². The van der Waals surface area contributed by atoms with Crippen molar-refractivity contribution in [1.29, 1.82) is 0 Å². The van der Waals surface area contributed by atoms with Gasteiger partial charge in [0.05, 0.1) is 16.9 Å². The van der Waals surface area contributed by atoms with E-state index in [1.807, 2.05) is 0 Å². The monoisotopic (exact) mass is 240 g/mol. The highest BCUT2D eigenvalue weighted by atomic mass is 35.5. The molecule has 0 radical (unpaired) electrons. The van der Waals surface area contributed by atoms with Crippen LogP contribution in [0.3, 0.4) is 0 Å². The van der Waals surface area contributed by atoms with E-state index >= 15 is 0 Å². The number of rotatable bonds is 4. The van der Waals surface area contributed by atoms with Crippen molar-refractivity contribution in [3.63, 3.8) is 0 Å². The lowest BCUT2D eigenvalue weighted by atomic mass is 10.3. The van der Waals surface area contributed by atoms with Gasteiger partial charge < -0.3 is 4.57 Å². The van der Waals surface area contributed by atoms with E-state index in [-0.39, 0.29) is 5.82 Å². The van der Waals surface area contributed by atoms with Gasteiger partial charge in [-0.1, -0.05) is 13.3 Å². The number of fused-ring (bicyclic) bond motifs is 1. The molecule has 0 saturated heterocycles. The fourth-order valence-electron chi connectivity index (χ4n) is 1.82. The lowest BCUT2D eigenvalue weighted by molar-refractivity contribution is 0.624. The number of nitrogens with zero attached hydrogens (tertiary/aromatic N) is 2. The van der Waals surface area contributed by atoms with Crippen LogP contribution in [0.2, 0.25) is 0 Å². The summed E-state index contributed by atoms with van der Waals surface area (Å²) in [5.74, 6) is 0.921. The molecule has 4 heteroatoms. The lowest BCUT2D eigenvalue weighted by Crippen LogP contribution is -2.02. The zero-order valence-electron chi connectivity index (χ0n) is 9.21. The van der Waals surface area contributed by atoms with Crippen LogP contribution in [0.1, 0.15) is 25.6 Å². The number of hydrogen-bond donors (Lipinski definition) is 0. The first-order valence-electron chi connectivity index (χ1n) is 5.47. The molecular formula is C12H14ClFN2. The van der Waals surface area contributed by atoms with Crippen LogP contribution in [0.4, 0.5) is 4.39 Å². The Morgan fingerprint density at radius 2 is 2.25 bits per heavy atom. The van der Waals surface area contributed by atoms with E-state index in [9.17, 15) is 4.39 Å². The molecule has 0 N–H and O–H groups in total. The summed E-state index contributed by atoms with van der Waals surface area (Å²) in [5, 5.41) is 0. The Bertz CT molecular complexity index is 493. The summed E-state index contributed by atoms with van der Waals surface area (Å²) in [5.41, 5.74) is 1.65. The molecular weight excluding hydrogens is 227 g/mol. The lowest BCUT2D eigenvalue weighted by Gasteiger charge is -2.05. The summed E-state index contributed by atoms with van der Waals surface area (Å²) in [7, 11) is 0. The van der Waals surface area contributed by atoms with Gasteiger partial charge in [-0.25, -0.2) is 9.37 Å². The van der Waals surface area contributed by atoms with Gasteiger partial charge in [-0.15, -0.1) is 11.6 Å². The van der Waals surface area contributed by atoms with Gasteiger partial charge in [0.25, 0.3) is 0 Å². The molecule has 0 amide bonds. The zero-order valence-corrected chi connectivity index (χ0v) is 9.97. The van der Waals surface area contributed by atoms with Crippen molar-refractivity contribution in [3.05, 3.63) is 29.8 Å². The summed E-state index contributed by atoms with van der Waals surface area (Å²) in [6, 6.07) is 4.68. The average molecular weight is 241 g/mol. The second-order valence-corrected chi connectivity index (χ2v) is 4.07. The van der Waals surface area contributed by atoms with Gasteiger partial charge in [-0.2, -0.15) is 0 Å². The normalized spacial score (nSPS) is 11.2. The molecule has 1 aromatic carbocycles. The molecule has 0 fully saturated rings. The molecule has 0 aliphatic carbocycles. The Morgan fingerprint density at radius 1 is 1.44 bits per heavy atom. The fourth-order valence-corrected chi connectivity index (χ4v) is 2.02. The minimum atomic E-state index is -0.256. The van der Waals surface area contributed by atoms with Gasteiger partial charge in [-0.05, 0) is 18.6 Å². The van der Waals surface area contributed by atoms with Crippen LogP contribution in [-0.2, 0) is 12.4 Å². The number of aryl methyl sites for hydroxylation is 1. The van der Waals surface area contributed by atoms with Gasteiger partial charge >= 0.3 is 0 Å². The maximum Gasteiger partial charge on any atom is 0.125 e. The van der Waals surface area contributed by atoms with Crippen LogP contribution in [0.5, 0.6) is 0 Å². The van der Waals surface area contributed by atoms with E-state index in [1.54, 1.807) is 6.07 Å². The highest BCUT2D eigenvalue weighted by Crippen LogP contribution is 2.19. The van der Waals surface area contributed by atoms with Gasteiger partial charge in [0.1, 0.15) is 11.6 Å². The smallest absolute Gasteiger partial charge is 0.125 e. The van der Waals surface area contributed by atoms with Gasteiger partial charge in [0.15, 0.2) is 0 Å². The number of halogens is 2. The molecule has 0 aliphatic heterocycles. The Kier molecular flexibility index (Phi) is 3.44. The van der Waals surface area contributed by atoms with Crippen LogP contribution in [-0.4, -0.2) is 9.55 Å². The third-order valence-electron chi connectivity index (χ3n) is 2.64. The molecule has 0 bridgehead atoms. The van der Waals surface area contributed by atoms with E-state index in [4.69, 9.17) is 11.6 Å². The first-order valence-corrected chi connectivity index (χ1v) is 6.00. The van der Waals surface area contributed by atoms with Crippen molar-refractivity contribution >= 4 is 22.6 Å². The summed E-state index contributed by atoms with van der Waals surface area (Å²) in [6.45, 7) is 3.03. The van der Waals surface area contributed by atoms with E-state index < -0.39 is 0 Å². The predicted octanol–water partition coefficient (Wildman–Crippen LogP) is 3.71. The van der Waals surface area contributed by atoms with Crippen molar-refractivity contribution in [2.24, 2.45) is 0 Å². The number of unbranched alkanes of at least 4 members (excludes halogenated alkanes) is 1. The molecule has 0 atom stereocenters. The number of aromatic nitrogens is 2. The second kappa shape index (κ2) is 4.83. The molecule has 1 aromatic heterocycles. The Morgan fingerprint density at radius 3 is 2.94 bits per heavy atom. The molecule has 0 saturated carbocycles. The topological polar surface area (TPSA) is 17.8 Å². The van der Waals surface area contributed by atoms with Gasteiger partial charge in [0.2, 0.25) is 0 Å². The Hall–Kier alpha value is -1.09. The van der Waals surface area contributed by atoms with E-state index in [1.165, 1.54) is 12.1 Å². The summed E-state index contributed by atoms with van der Waals surface area (Å²) >= 11 is 5.85. The minimum Gasteiger partial charge on any atom is -0.327 e. The summed E-state index contributed by atoms with van der Waals surface area (Å²) in [6.07, 6.45) is 2.19. The Labute approximate surface area is 99.0 Å². The Balaban J connectivity index is 2.50. The zero-order chi connectivity index (χ0) is 11.5. The molecule has 1 heterocycles. The maximum atomic E-state index is 13.1. The molecule has 2 nitrogen and oxygen atoms in total. The van der Waals surface area contributed by atoms with E-state index in [0.717, 1.165) is 30.7 Å². The number of alkyl halides is 1. The first-order chi connectivity index (χ1) is 7.76. The van der Waals surface area contributed by atoms with Crippen molar-refractivity contribution in [1.82, 2.24) is 9.55 Å². The molecule has 86 valence electrons. The minimum absolute atomic E-state index is 0.256. The SMILES string of the molecule is CCCCn1c(CCl)nc2cc(F)ccc21. The maximum absolute atomic E-state index is 13.1. The second-order valence-electron chi connectivity index (χ2n) is 3.80. The summed E-state index contributed by atoms with van der Waals surface area (Å²) in [4.78, 5) is 4.34. The molecule has 0 aliphatic rings. The standard InChI is InChI=1S/C12H14ClFN2/c1-2-3-6-16-11-5-4-9(14)7-10(11)15-12(16)8-13/h4-5,7H,2-3,6,8H2,1H3. The molecule has 2 rings (SSSR count). The third kappa shape index (κ3) is 2.05. The summed E-state index contributed by atoms with van der Waals surface area (Å²) < 4.78 is 15.1. The fraction of sp³-hybridized carbons (Fsp3) is 0.417. The van der Waals surface area contributed by atoms with Crippen LogP contribution < -0.4 is 0 Å². The van der Waals surface area contributed by atoms with Gasteiger partial charge in [0, 0.05) is 12.6 Å². The van der Waals surface area contributed by atoms with E-state index in [2.05, 4.69) is 16.5 Å². The largest absolute Gasteiger partial charge is 0.327 e. The van der Waals surface area contributed by atoms with Crippen LogP contribution >= 0.6 is 11.6 Å². The van der Waals surface area contributed by atoms with Crippen molar-refractivity contribution in [2.45, 2.75) is 32.2 Å². The molecule has 2 aromatic rings. The van der Waals surface area contributed by atoms with Crippen molar-refractivity contribution in [3.8, 4) is 0 Å².